The van der Waals surface area contributed by atoms with E-state index in [4.69, 9.17) is 0 Å². The van der Waals surface area contributed by atoms with E-state index in [1.54, 1.807) is 11.8 Å². The Kier molecular flexibility index (Phi) is 4.38. The lowest BCUT2D eigenvalue weighted by molar-refractivity contribution is 1.47. The second-order valence-corrected chi connectivity index (χ2v) is 7.82. The fourth-order valence-electron chi connectivity index (χ4n) is 4.11. The summed E-state index contributed by atoms with van der Waals surface area (Å²) < 4.78 is 0. The standard InChI is InChI=1S/C27H20S/c1-28-21-17-15-20(16-18-21)27-24-13-7-5-11-22(24)26(19-9-3-2-4-10-19)23-12-6-8-14-25(23)27/h2-18H,1H3. The zero-order chi connectivity index (χ0) is 18.9. The number of thioether (sulfide) groups is 1. The van der Waals surface area contributed by atoms with Gasteiger partial charge in [-0.15, -0.1) is 11.8 Å². The molecule has 0 heterocycles. The SMILES string of the molecule is CSc1ccc(-c2c3ccccc3c(-c3ccccc3)c3ccccc23)cc1. The summed E-state index contributed by atoms with van der Waals surface area (Å²) in [6.07, 6.45) is 2.12. The molecule has 28 heavy (non-hydrogen) atoms. The maximum atomic E-state index is 2.26. The van der Waals surface area contributed by atoms with Gasteiger partial charge in [-0.1, -0.05) is 91.0 Å². The molecule has 0 aliphatic rings. The number of benzene rings is 5. The third-order valence-corrected chi connectivity index (χ3v) is 6.12. The van der Waals surface area contributed by atoms with Crippen molar-refractivity contribution < 1.29 is 0 Å². The summed E-state index contributed by atoms with van der Waals surface area (Å²) >= 11 is 1.78. The molecule has 0 bridgehead atoms. The number of hydrogen-bond acceptors (Lipinski definition) is 1. The van der Waals surface area contributed by atoms with Crippen LogP contribution in [0.1, 0.15) is 0 Å². The second kappa shape index (κ2) is 7.18. The Labute approximate surface area is 169 Å². The summed E-state index contributed by atoms with van der Waals surface area (Å²) in [5.41, 5.74) is 5.17. The van der Waals surface area contributed by atoms with Crippen LogP contribution in [0.4, 0.5) is 0 Å². The van der Waals surface area contributed by atoms with Crippen molar-refractivity contribution in [3.63, 3.8) is 0 Å². The average Bonchev–Trinajstić information content (AvgIpc) is 2.78. The van der Waals surface area contributed by atoms with Crippen LogP contribution in [0.2, 0.25) is 0 Å². The molecule has 0 aliphatic heterocycles. The molecule has 0 radical (unpaired) electrons. The van der Waals surface area contributed by atoms with Crippen LogP contribution in [0.5, 0.6) is 0 Å². The molecule has 0 spiro atoms. The van der Waals surface area contributed by atoms with Crippen LogP contribution < -0.4 is 0 Å². The van der Waals surface area contributed by atoms with Crippen molar-refractivity contribution in [2.75, 3.05) is 6.26 Å². The lowest BCUT2D eigenvalue weighted by Crippen LogP contribution is -1.90. The van der Waals surface area contributed by atoms with Crippen LogP contribution in [0.25, 0.3) is 43.8 Å². The highest BCUT2D eigenvalue weighted by atomic mass is 32.2. The van der Waals surface area contributed by atoms with Gasteiger partial charge in [0.2, 0.25) is 0 Å². The molecule has 0 nitrogen and oxygen atoms in total. The molecule has 5 rings (SSSR count). The maximum absolute atomic E-state index is 2.26. The summed E-state index contributed by atoms with van der Waals surface area (Å²) in [6, 6.07) is 37.3. The van der Waals surface area contributed by atoms with Crippen molar-refractivity contribution in [1.82, 2.24) is 0 Å². The Bertz CT molecular complexity index is 1210. The van der Waals surface area contributed by atoms with Crippen LogP contribution in [-0.2, 0) is 0 Å². The van der Waals surface area contributed by atoms with Gasteiger partial charge in [0.25, 0.3) is 0 Å². The first-order chi connectivity index (χ1) is 13.9. The molecule has 0 aliphatic carbocycles. The van der Waals surface area contributed by atoms with Crippen LogP contribution in [0.15, 0.2) is 108 Å². The predicted molar refractivity (Wildman–Crippen MR) is 124 cm³/mol. The largest absolute Gasteiger partial charge is 0.130 e. The summed E-state index contributed by atoms with van der Waals surface area (Å²) in [7, 11) is 0. The fraction of sp³-hybridized carbons (Fsp3) is 0.0370. The molecular formula is C27H20S. The van der Waals surface area contributed by atoms with Gasteiger partial charge in [-0.25, -0.2) is 0 Å². The Morgan fingerprint density at radius 1 is 0.429 bits per heavy atom. The zero-order valence-corrected chi connectivity index (χ0v) is 16.5. The molecule has 1 heteroatoms. The van der Waals surface area contributed by atoms with Gasteiger partial charge in [0.1, 0.15) is 0 Å². The quantitative estimate of drug-likeness (QED) is 0.227. The average molecular weight is 377 g/mol. The van der Waals surface area contributed by atoms with E-state index in [2.05, 4.69) is 109 Å². The van der Waals surface area contributed by atoms with Crippen LogP contribution in [0, 0.1) is 0 Å². The van der Waals surface area contributed by atoms with Crippen molar-refractivity contribution in [1.29, 1.82) is 0 Å². The first kappa shape index (κ1) is 17.1. The molecule has 0 unspecified atom stereocenters. The monoisotopic (exact) mass is 376 g/mol. The van der Waals surface area contributed by atoms with Crippen LogP contribution in [-0.4, -0.2) is 6.26 Å². The fourth-order valence-corrected chi connectivity index (χ4v) is 4.52. The number of rotatable bonds is 3. The Hall–Kier alpha value is -3.03. The molecule has 0 atom stereocenters. The lowest BCUT2D eigenvalue weighted by atomic mass is 9.86. The molecule has 0 aromatic heterocycles. The summed E-state index contributed by atoms with van der Waals surface area (Å²) in [5.74, 6) is 0. The predicted octanol–water partition coefficient (Wildman–Crippen LogP) is 8.05. The van der Waals surface area contributed by atoms with Crippen molar-refractivity contribution in [2.45, 2.75) is 4.90 Å². The third kappa shape index (κ3) is 2.80. The highest BCUT2D eigenvalue weighted by molar-refractivity contribution is 7.98. The van der Waals surface area contributed by atoms with Gasteiger partial charge in [0.15, 0.2) is 0 Å². The molecule has 134 valence electrons. The van der Waals surface area contributed by atoms with E-state index in [9.17, 15) is 0 Å². The van der Waals surface area contributed by atoms with E-state index in [0.29, 0.717) is 0 Å². The topological polar surface area (TPSA) is 0 Å². The van der Waals surface area contributed by atoms with Crippen molar-refractivity contribution in [2.24, 2.45) is 0 Å². The lowest BCUT2D eigenvalue weighted by Gasteiger charge is -2.17. The minimum Gasteiger partial charge on any atom is -0.130 e. The van der Waals surface area contributed by atoms with E-state index >= 15 is 0 Å². The van der Waals surface area contributed by atoms with E-state index < -0.39 is 0 Å². The van der Waals surface area contributed by atoms with Gasteiger partial charge < -0.3 is 0 Å². The molecule has 0 fully saturated rings. The van der Waals surface area contributed by atoms with E-state index in [1.807, 2.05) is 0 Å². The Morgan fingerprint density at radius 2 is 0.821 bits per heavy atom. The number of hydrogen-bond donors (Lipinski definition) is 0. The Balaban J connectivity index is 1.94. The van der Waals surface area contributed by atoms with E-state index in [-0.39, 0.29) is 0 Å². The van der Waals surface area contributed by atoms with Gasteiger partial charge in [-0.2, -0.15) is 0 Å². The maximum Gasteiger partial charge on any atom is 0.00695 e. The highest BCUT2D eigenvalue weighted by Gasteiger charge is 2.15. The van der Waals surface area contributed by atoms with Crippen molar-refractivity contribution in [3.8, 4) is 22.3 Å². The molecular weight excluding hydrogens is 356 g/mol. The van der Waals surface area contributed by atoms with Crippen molar-refractivity contribution >= 4 is 33.3 Å². The normalized spacial score (nSPS) is 11.2. The third-order valence-electron chi connectivity index (χ3n) is 5.37. The highest BCUT2D eigenvalue weighted by Crippen LogP contribution is 2.43. The smallest absolute Gasteiger partial charge is 0.00695 e. The minimum atomic E-state index is 1.26. The molecule has 0 saturated heterocycles. The van der Waals surface area contributed by atoms with Crippen LogP contribution >= 0.6 is 11.8 Å². The minimum absolute atomic E-state index is 1.26. The molecule has 0 N–H and O–H groups in total. The van der Waals surface area contributed by atoms with Gasteiger partial charge in [-0.3, -0.25) is 0 Å². The summed E-state index contributed by atoms with van der Waals surface area (Å²) in [6.45, 7) is 0. The zero-order valence-electron chi connectivity index (χ0n) is 15.7. The van der Waals surface area contributed by atoms with Gasteiger partial charge in [0.05, 0.1) is 0 Å². The van der Waals surface area contributed by atoms with E-state index in [0.717, 1.165) is 0 Å². The van der Waals surface area contributed by atoms with Gasteiger partial charge in [-0.05, 0) is 62.2 Å². The van der Waals surface area contributed by atoms with E-state index in [1.165, 1.54) is 48.7 Å². The summed E-state index contributed by atoms with van der Waals surface area (Å²) in [5, 5.41) is 5.21. The summed E-state index contributed by atoms with van der Waals surface area (Å²) in [4.78, 5) is 1.29. The van der Waals surface area contributed by atoms with Gasteiger partial charge in [0, 0.05) is 4.90 Å². The molecule has 0 saturated carbocycles. The second-order valence-electron chi connectivity index (χ2n) is 6.94. The van der Waals surface area contributed by atoms with Gasteiger partial charge >= 0.3 is 0 Å². The molecule has 5 aromatic carbocycles. The van der Waals surface area contributed by atoms with Crippen molar-refractivity contribution in [3.05, 3.63) is 103 Å². The molecule has 0 amide bonds. The molecule has 5 aromatic rings. The first-order valence-electron chi connectivity index (χ1n) is 9.50. The van der Waals surface area contributed by atoms with Crippen LogP contribution in [0.3, 0.4) is 0 Å². The number of fused-ring (bicyclic) bond motifs is 2. The first-order valence-corrected chi connectivity index (χ1v) is 10.7. The Morgan fingerprint density at radius 3 is 1.25 bits per heavy atom.